The van der Waals surface area contributed by atoms with Crippen LogP contribution in [0.1, 0.15) is 16.8 Å². The summed E-state index contributed by atoms with van der Waals surface area (Å²) in [7, 11) is 0. The lowest BCUT2D eigenvalue weighted by atomic mass is 10.1. The Kier molecular flexibility index (Phi) is 1.83. The fourth-order valence-corrected chi connectivity index (χ4v) is 1.44. The van der Waals surface area contributed by atoms with E-state index in [1.165, 1.54) is 0 Å². The van der Waals surface area contributed by atoms with Crippen molar-refractivity contribution in [1.29, 1.82) is 5.26 Å². The van der Waals surface area contributed by atoms with Gasteiger partial charge < -0.3 is 4.40 Å². The first-order valence-electron chi connectivity index (χ1n) is 4.26. The molecule has 0 N–H and O–H groups in total. The van der Waals surface area contributed by atoms with Gasteiger partial charge in [-0.15, -0.1) is 0 Å². The van der Waals surface area contributed by atoms with E-state index in [0.717, 1.165) is 16.9 Å². The van der Waals surface area contributed by atoms with Crippen LogP contribution < -0.4 is 0 Å². The highest BCUT2D eigenvalue weighted by atomic mass is 15.0. The van der Waals surface area contributed by atoms with E-state index in [9.17, 15) is 0 Å². The van der Waals surface area contributed by atoms with Gasteiger partial charge in [0.15, 0.2) is 0 Å². The largest absolute Gasteiger partial charge is 0.306 e. The number of imidazole rings is 1. The molecule has 0 atom stereocenters. The molecule has 2 rings (SSSR count). The van der Waals surface area contributed by atoms with Crippen LogP contribution in [0.5, 0.6) is 0 Å². The molecule has 2 heterocycles. The molecule has 0 bridgehead atoms. The Balaban J connectivity index is 2.82. The summed E-state index contributed by atoms with van der Waals surface area (Å²) >= 11 is 0. The molecule has 0 saturated heterocycles. The van der Waals surface area contributed by atoms with E-state index < -0.39 is 0 Å². The van der Waals surface area contributed by atoms with Crippen LogP contribution in [0.15, 0.2) is 25.0 Å². The highest BCUT2D eigenvalue weighted by Gasteiger charge is 2.03. The van der Waals surface area contributed by atoms with E-state index in [4.69, 9.17) is 5.26 Å². The topological polar surface area (TPSA) is 41.1 Å². The highest BCUT2D eigenvalue weighted by molar-refractivity contribution is 5.60. The zero-order chi connectivity index (χ0) is 10.1. The minimum Gasteiger partial charge on any atom is -0.306 e. The second-order valence-corrected chi connectivity index (χ2v) is 3.11. The summed E-state index contributed by atoms with van der Waals surface area (Å²) in [6.07, 6.45) is 5.46. The van der Waals surface area contributed by atoms with Crippen molar-refractivity contribution < 1.29 is 0 Å². The number of nitrogens with zero attached hydrogens (tertiary/aromatic N) is 3. The molecule has 2 aromatic rings. The van der Waals surface area contributed by atoms with Crippen molar-refractivity contribution in [3.05, 3.63) is 41.9 Å². The Morgan fingerprint density at radius 1 is 1.57 bits per heavy atom. The van der Waals surface area contributed by atoms with E-state index >= 15 is 0 Å². The molecule has 0 aliphatic rings. The standard InChI is InChI=1S/C11H9N3/c1-3-9-7-14-6-8(2)13-11(14)4-10(9)5-12/h3-4,6-7H,1H2,2H3. The van der Waals surface area contributed by atoms with E-state index in [-0.39, 0.29) is 0 Å². The van der Waals surface area contributed by atoms with Crippen LogP contribution in [0.3, 0.4) is 0 Å². The molecule has 0 aliphatic carbocycles. The lowest BCUT2D eigenvalue weighted by Gasteiger charge is -1.98. The summed E-state index contributed by atoms with van der Waals surface area (Å²) in [5.41, 5.74) is 3.18. The predicted octanol–water partition coefficient (Wildman–Crippen LogP) is 2.16. The Hall–Kier alpha value is -2.08. The fourth-order valence-electron chi connectivity index (χ4n) is 1.44. The summed E-state index contributed by atoms with van der Waals surface area (Å²) in [4.78, 5) is 4.27. The summed E-state index contributed by atoms with van der Waals surface area (Å²) in [5, 5.41) is 8.88. The first-order chi connectivity index (χ1) is 6.74. The van der Waals surface area contributed by atoms with Crippen LogP contribution in [-0.2, 0) is 0 Å². The van der Waals surface area contributed by atoms with Gasteiger partial charge >= 0.3 is 0 Å². The number of hydrogen-bond acceptors (Lipinski definition) is 2. The summed E-state index contributed by atoms with van der Waals surface area (Å²) in [5.74, 6) is 0. The van der Waals surface area contributed by atoms with E-state index in [0.29, 0.717) is 5.56 Å². The van der Waals surface area contributed by atoms with Gasteiger partial charge in [0.2, 0.25) is 0 Å². The van der Waals surface area contributed by atoms with Crippen molar-refractivity contribution in [2.45, 2.75) is 6.92 Å². The van der Waals surface area contributed by atoms with Gasteiger partial charge in [-0.3, -0.25) is 0 Å². The molecule has 0 fully saturated rings. The van der Waals surface area contributed by atoms with Crippen LogP contribution in [0.2, 0.25) is 0 Å². The van der Waals surface area contributed by atoms with Gasteiger partial charge in [-0.05, 0) is 13.0 Å². The Morgan fingerprint density at radius 3 is 3.00 bits per heavy atom. The van der Waals surface area contributed by atoms with Gasteiger partial charge in [-0.1, -0.05) is 12.7 Å². The number of rotatable bonds is 1. The van der Waals surface area contributed by atoms with Gasteiger partial charge in [-0.25, -0.2) is 4.98 Å². The summed E-state index contributed by atoms with van der Waals surface area (Å²) in [6.45, 7) is 5.59. The predicted molar refractivity (Wildman–Crippen MR) is 54.7 cm³/mol. The molecule has 2 aromatic heterocycles. The summed E-state index contributed by atoms with van der Waals surface area (Å²) < 4.78 is 1.90. The number of aryl methyl sites for hydroxylation is 1. The molecule has 0 amide bonds. The molecule has 0 unspecified atom stereocenters. The third kappa shape index (κ3) is 1.17. The molecular weight excluding hydrogens is 174 g/mol. The molecular formula is C11H9N3. The third-order valence-corrected chi connectivity index (χ3v) is 2.08. The molecule has 0 saturated carbocycles. The van der Waals surface area contributed by atoms with E-state index in [2.05, 4.69) is 17.6 Å². The lowest BCUT2D eigenvalue weighted by molar-refractivity contribution is 1.17. The van der Waals surface area contributed by atoms with Crippen molar-refractivity contribution in [2.75, 3.05) is 0 Å². The minimum atomic E-state index is 0.609. The van der Waals surface area contributed by atoms with E-state index in [1.54, 1.807) is 12.1 Å². The Bertz CT molecular complexity index is 543. The molecule has 3 heteroatoms. The SMILES string of the molecule is C=Cc1cn2cc(C)nc2cc1C#N. The van der Waals surface area contributed by atoms with Gasteiger partial charge in [0.05, 0.1) is 17.3 Å². The first-order valence-corrected chi connectivity index (χ1v) is 4.26. The second kappa shape index (κ2) is 3.00. The van der Waals surface area contributed by atoms with Crippen molar-refractivity contribution in [3.63, 3.8) is 0 Å². The van der Waals surface area contributed by atoms with Crippen LogP contribution >= 0.6 is 0 Å². The van der Waals surface area contributed by atoms with Crippen molar-refractivity contribution in [2.24, 2.45) is 0 Å². The zero-order valence-electron chi connectivity index (χ0n) is 7.86. The maximum Gasteiger partial charge on any atom is 0.138 e. The van der Waals surface area contributed by atoms with Gasteiger partial charge in [0.1, 0.15) is 5.65 Å². The lowest BCUT2D eigenvalue weighted by Crippen LogP contribution is -1.89. The number of pyridine rings is 1. The molecule has 3 nitrogen and oxygen atoms in total. The monoisotopic (exact) mass is 183 g/mol. The number of aromatic nitrogens is 2. The van der Waals surface area contributed by atoms with Crippen molar-refractivity contribution in [1.82, 2.24) is 9.38 Å². The van der Waals surface area contributed by atoms with Crippen molar-refractivity contribution >= 4 is 11.7 Å². The highest BCUT2D eigenvalue weighted by Crippen LogP contribution is 2.13. The average molecular weight is 183 g/mol. The van der Waals surface area contributed by atoms with Crippen LogP contribution in [0.4, 0.5) is 0 Å². The first kappa shape index (κ1) is 8.52. The van der Waals surface area contributed by atoms with Gasteiger partial charge in [0, 0.05) is 18.0 Å². The number of hydrogen-bond donors (Lipinski definition) is 0. The maximum atomic E-state index is 8.88. The van der Waals surface area contributed by atoms with Gasteiger partial charge in [0.25, 0.3) is 0 Å². The molecule has 0 aliphatic heterocycles. The smallest absolute Gasteiger partial charge is 0.138 e. The normalized spacial score (nSPS) is 10.0. The van der Waals surface area contributed by atoms with Crippen LogP contribution in [0.25, 0.3) is 11.7 Å². The molecule has 0 aromatic carbocycles. The Morgan fingerprint density at radius 2 is 2.36 bits per heavy atom. The fraction of sp³-hybridized carbons (Fsp3) is 0.0909. The third-order valence-electron chi connectivity index (χ3n) is 2.08. The molecule has 0 radical (unpaired) electrons. The minimum absolute atomic E-state index is 0.609. The summed E-state index contributed by atoms with van der Waals surface area (Å²) in [6, 6.07) is 3.89. The molecule has 68 valence electrons. The quantitative estimate of drug-likeness (QED) is 0.679. The van der Waals surface area contributed by atoms with Crippen LogP contribution in [-0.4, -0.2) is 9.38 Å². The molecule has 14 heavy (non-hydrogen) atoms. The molecule has 0 spiro atoms. The number of nitriles is 1. The van der Waals surface area contributed by atoms with Crippen LogP contribution in [0, 0.1) is 18.3 Å². The maximum absolute atomic E-state index is 8.88. The number of fused-ring (bicyclic) bond motifs is 1. The zero-order valence-corrected chi connectivity index (χ0v) is 7.86. The van der Waals surface area contributed by atoms with Crippen molar-refractivity contribution in [3.8, 4) is 6.07 Å². The average Bonchev–Trinajstić information content (AvgIpc) is 2.54. The van der Waals surface area contributed by atoms with Gasteiger partial charge in [-0.2, -0.15) is 5.26 Å². The Labute approximate surface area is 81.9 Å². The van der Waals surface area contributed by atoms with E-state index in [1.807, 2.05) is 23.7 Å². The second-order valence-electron chi connectivity index (χ2n) is 3.11.